The molecule has 3 aromatic rings. The van der Waals surface area contributed by atoms with Crippen molar-refractivity contribution in [3.05, 3.63) is 46.2 Å². The van der Waals surface area contributed by atoms with Gasteiger partial charge in [-0.1, -0.05) is 6.07 Å². The summed E-state index contributed by atoms with van der Waals surface area (Å²) >= 11 is 7.98. The third-order valence-electron chi connectivity index (χ3n) is 3.42. The van der Waals surface area contributed by atoms with Crippen LogP contribution in [-0.4, -0.2) is 14.5 Å². The van der Waals surface area contributed by atoms with E-state index >= 15 is 0 Å². The molecule has 2 unspecified atom stereocenters. The fourth-order valence-electron chi connectivity index (χ4n) is 2.46. The third kappa shape index (κ3) is 2.23. The van der Waals surface area contributed by atoms with Crippen molar-refractivity contribution >= 4 is 34.0 Å². The van der Waals surface area contributed by atoms with Crippen LogP contribution in [0.2, 0.25) is 0 Å². The Morgan fingerprint density at radius 2 is 2.10 bits per heavy atom. The summed E-state index contributed by atoms with van der Waals surface area (Å²) in [4.78, 5) is 9.12. The molecule has 0 aliphatic heterocycles. The van der Waals surface area contributed by atoms with Gasteiger partial charge in [-0.3, -0.25) is 0 Å². The van der Waals surface area contributed by atoms with Crippen molar-refractivity contribution in [1.82, 2.24) is 14.5 Å². The molecule has 104 valence electrons. The summed E-state index contributed by atoms with van der Waals surface area (Å²) in [6, 6.07) is 6.43. The van der Waals surface area contributed by atoms with Crippen molar-refractivity contribution < 1.29 is 0 Å². The van der Waals surface area contributed by atoms with Gasteiger partial charge in [0.15, 0.2) is 0 Å². The van der Waals surface area contributed by atoms with Crippen molar-refractivity contribution in [2.45, 2.75) is 32.2 Å². The van der Waals surface area contributed by atoms with E-state index in [2.05, 4.69) is 41.6 Å². The van der Waals surface area contributed by atoms with Crippen LogP contribution in [0.15, 0.2) is 29.8 Å². The maximum Gasteiger partial charge on any atom is 0.128 e. The average Bonchev–Trinajstić information content (AvgIpc) is 3.04. The number of fused-ring (bicyclic) bond motifs is 1. The topological polar surface area (TPSA) is 30.7 Å². The van der Waals surface area contributed by atoms with Gasteiger partial charge in [-0.2, -0.15) is 0 Å². The number of halogens is 1. The highest BCUT2D eigenvalue weighted by Gasteiger charge is 2.21. The Morgan fingerprint density at radius 1 is 1.30 bits per heavy atom. The van der Waals surface area contributed by atoms with E-state index in [4.69, 9.17) is 16.6 Å². The SMILES string of the molecule is Cc1ccc2nc(C(C)Cl)n(C(C)c3nccs3)c2c1. The van der Waals surface area contributed by atoms with Crippen LogP contribution in [-0.2, 0) is 0 Å². The predicted molar refractivity (Wildman–Crippen MR) is 84.7 cm³/mol. The largest absolute Gasteiger partial charge is 0.317 e. The first-order chi connectivity index (χ1) is 9.58. The number of aryl methyl sites for hydroxylation is 1. The summed E-state index contributed by atoms with van der Waals surface area (Å²) in [5.74, 6) is 0.898. The molecule has 0 spiro atoms. The van der Waals surface area contributed by atoms with E-state index in [0.29, 0.717) is 0 Å². The lowest BCUT2D eigenvalue weighted by Gasteiger charge is -2.16. The number of alkyl halides is 1. The van der Waals surface area contributed by atoms with E-state index in [9.17, 15) is 0 Å². The molecule has 2 atom stereocenters. The van der Waals surface area contributed by atoms with Gasteiger partial charge in [-0.15, -0.1) is 22.9 Å². The molecule has 0 saturated heterocycles. The molecule has 0 aliphatic rings. The Labute approximate surface area is 127 Å². The van der Waals surface area contributed by atoms with Gasteiger partial charge >= 0.3 is 0 Å². The molecule has 5 heteroatoms. The van der Waals surface area contributed by atoms with Gasteiger partial charge in [0, 0.05) is 11.6 Å². The highest BCUT2D eigenvalue weighted by atomic mass is 35.5. The molecule has 0 bridgehead atoms. The Morgan fingerprint density at radius 3 is 2.75 bits per heavy atom. The summed E-state index contributed by atoms with van der Waals surface area (Å²) in [6.45, 7) is 6.19. The van der Waals surface area contributed by atoms with E-state index in [1.54, 1.807) is 11.3 Å². The number of hydrogen-bond acceptors (Lipinski definition) is 3. The van der Waals surface area contributed by atoms with Crippen molar-refractivity contribution in [1.29, 1.82) is 0 Å². The average molecular weight is 306 g/mol. The number of rotatable bonds is 3. The monoisotopic (exact) mass is 305 g/mol. The van der Waals surface area contributed by atoms with Gasteiger partial charge in [0.05, 0.1) is 22.5 Å². The summed E-state index contributed by atoms with van der Waals surface area (Å²) in [7, 11) is 0. The minimum Gasteiger partial charge on any atom is -0.317 e. The first kappa shape index (κ1) is 13.6. The summed E-state index contributed by atoms with van der Waals surface area (Å²) in [5, 5.41) is 2.94. The molecule has 2 heterocycles. The lowest BCUT2D eigenvalue weighted by molar-refractivity contribution is 0.615. The minimum atomic E-state index is -0.134. The van der Waals surface area contributed by atoms with Gasteiger partial charge in [0.2, 0.25) is 0 Å². The van der Waals surface area contributed by atoms with E-state index in [1.807, 2.05) is 18.5 Å². The molecule has 3 rings (SSSR count). The van der Waals surface area contributed by atoms with Crippen LogP contribution in [0, 0.1) is 6.92 Å². The second-order valence-electron chi connectivity index (χ2n) is 4.99. The third-order valence-corrected chi connectivity index (χ3v) is 4.57. The number of hydrogen-bond donors (Lipinski definition) is 0. The summed E-state index contributed by atoms with van der Waals surface area (Å²) in [5.41, 5.74) is 3.33. The highest BCUT2D eigenvalue weighted by Crippen LogP contribution is 2.31. The van der Waals surface area contributed by atoms with Crippen molar-refractivity contribution in [3.63, 3.8) is 0 Å². The van der Waals surface area contributed by atoms with Crippen LogP contribution >= 0.6 is 22.9 Å². The fourth-order valence-corrected chi connectivity index (χ4v) is 3.30. The molecule has 0 fully saturated rings. The molecule has 1 aromatic carbocycles. The number of imidazole rings is 1. The molecule has 0 N–H and O–H groups in total. The Kier molecular flexibility index (Phi) is 3.52. The minimum absolute atomic E-state index is 0.134. The predicted octanol–water partition coefficient (Wildman–Crippen LogP) is 4.71. The van der Waals surface area contributed by atoms with Crippen LogP contribution in [0.4, 0.5) is 0 Å². The van der Waals surface area contributed by atoms with Crippen LogP contribution in [0.1, 0.15) is 41.7 Å². The van der Waals surface area contributed by atoms with Gasteiger partial charge in [-0.05, 0) is 38.5 Å². The summed E-state index contributed by atoms with van der Waals surface area (Å²) in [6.07, 6.45) is 1.84. The zero-order valence-electron chi connectivity index (χ0n) is 11.7. The Bertz CT molecular complexity index is 731. The molecule has 3 nitrogen and oxygen atoms in total. The van der Waals surface area contributed by atoms with Gasteiger partial charge in [-0.25, -0.2) is 9.97 Å². The van der Waals surface area contributed by atoms with E-state index < -0.39 is 0 Å². The number of benzene rings is 1. The maximum absolute atomic E-state index is 6.32. The van der Waals surface area contributed by atoms with Gasteiger partial charge in [0.25, 0.3) is 0 Å². The number of thiazole rings is 1. The quantitative estimate of drug-likeness (QED) is 0.656. The molecular weight excluding hydrogens is 290 g/mol. The second-order valence-corrected chi connectivity index (χ2v) is 6.58. The Hall–Kier alpha value is -1.39. The standard InChI is InChI=1S/C15H16ClN3S/c1-9-4-5-12-13(8-9)19(14(18-12)10(2)16)11(3)15-17-6-7-20-15/h4-8,10-11H,1-3H3. The van der Waals surface area contributed by atoms with E-state index in [1.165, 1.54) is 5.56 Å². The fraction of sp³-hybridized carbons (Fsp3) is 0.333. The van der Waals surface area contributed by atoms with Crippen LogP contribution in [0.25, 0.3) is 11.0 Å². The van der Waals surface area contributed by atoms with Crippen LogP contribution in [0.5, 0.6) is 0 Å². The number of aromatic nitrogens is 3. The molecule has 0 radical (unpaired) electrons. The summed E-state index contributed by atoms with van der Waals surface area (Å²) < 4.78 is 2.21. The first-order valence-corrected chi connectivity index (χ1v) is 7.91. The van der Waals surface area contributed by atoms with Crippen LogP contribution in [0.3, 0.4) is 0 Å². The van der Waals surface area contributed by atoms with Crippen LogP contribution < -0.4 is 0 Å². The van der Waals surface area contributed by atoms with Crippen molar-refractivity contribution in [2.24, 2.45) is 0 Å². The Balaban J connectivity index is 2.25. The molecular formula is C15H16ClN3S. The first-order valence-electron chi connectivity index (χ1n) is 6.60. The normalized spacial score (nSPS) is 14.6. The molecule has 0 saturated carbocycles. The van der Waals surface area contributed by atoms with E-state index in [0.717, 1.165) is 21.9 Å². The van der Waals surface area contributed by atoms with Gasteiger partial charge in [0.1, 0.15) is 10.8 Å². The highest BCUT2D eigenvalue weighted by molar-refractivity contribution is 7.09. The zero-order chi connectivity index (χ0) is 14.3. The maximum atomic E-state index is 6.32. The molecule has 0 aliphatic carbocycles. The number of nitrogens with zero attached hydrogens (tertiary/aromatic N) is 3. The molecule has 20 heavy (non-hydrogen) atoms. The van der Waals surface area contributed by atoms with E-state index in [-0.39, 0.29) is 11.4 Å². The van der Waals surface area contributed by atoms with Crippen molar-refractivity contribution in [2.75, 3.05) is 0 Å². The second kappa shape index (κ2) is 5.19. The lowest BCUT2D eigenvalue weighted by atomic mass is 10.2. The van der Waals surface area contributed by atoms with Gasteiger partial charge < -0.3 is 4.57 Å². The smallest absolute Gasteiger partial charge is 0.128 e. The molecule has 0 amide bonds. The van der Waals surface area contributed by atoms with Crippen molar-refractivity contribution in [3.8, 4) is 0 Å². The lowest BCUT2D eigenvalue weighted by Crippen LogP contribution is -2.11. The molecule has 2 aromatic heterocycles. The zero-order valence-corrected chi connectivity index (χ0v) is 13.2.